The van der Waals surface area contributed by atoms with E-state index >= 15 is 0 Å². The highest BCUT2D eigenvalue weighted by Gasteiger charge is 2.31. The largest absolute Gasteiger partial charge is 0.356 e. The summed E-state index contributed by atoms with van der Waals surface area (Å²) in [5, 5.41) is 3.33. The first-order chi connectivity index (χ1) is 9.91. The molecule has 5 nitrogen and oxygen atoms in total. The number of carbonyl (C=O) groups is 1. The Kier molecular flexibility index (Phi) is 10.0. The molecular weight excluding hydrogens is 391 g/mol. The summed E-state index contributed by atoms with van der Waals surface area (Å²) in [6.07, 6.45) is 5.51. The molecule has 1 unspecified atom stereocenters. The number of carbonyl (C=O) groups excluding carboxylic acids is 1. The van der Waals surface area contributed by atoms with Gasteiger partial charge in [0, 0.05) is 47.2 Å². The highest BCUT2D eigenvalue weighted by molar-refractivity contribution is 14.0. The number of aliphatic imine (C=N–C) groups is 1. The molecule has 1 atom stereocenters. The first-order valence-corrected chi connectivity index (χ1v) is 8.07. The molecule has 0 saturated carbocycles. The average Bonchev–Trinajstić information content (AvgIpc) is 2.43. The lowest BCUT2D eigenvalue weighted by atomic mass is 9.78. The van der Waals surface area contributed by atoms with Crippen LogP contribution in [0.2, 0.25) is 0 Å². The van der Waals surface area contributed by atoms with Gasteiger partial charge in [0.15, 0.2) is 5.96 Å². The van der Waals surface area contributed by atoms with E-state index < -0.39 is 0 Å². The predicted molar refractivity (Wildman–Crippen MR) is 104 cm³/mol. The zero-order valence-corrected chi connectivity index (χ0v) is 17.1. The lowest BCUT2D eigenvalue weighted by Gasteiger charge is -2.42. The molecule has 1 heterocycles. The van der Waals surface area contributed by atoms with Gasteiger partial charge in [-0.25, -0.2) is 0 Å². The fourth-order valence-corrected chi connectivity index (χ4v) is 3.14. The van der Waals surface area contributed by atoms with E-state index in [0.29, 0.717) is 18.4 Å². The van der Waals surface area contributed by atoms with Gasteiger partial charge in [-0.2, -0.15) is 0 Å². The van der Waals surface area contributed by atoms with E-state index in [1.54, 1.807) is 19.0 Å². The summed E-state index contributed by atoms with van der Waals surface area (Å²) in [4.78, 5) is 20.0. The van der Waals surface area contributed by atoms with Crippen LogP contribution in [-0.4, -0.2) is 62.4 Å². The summed E-state index contributed by atoms with van der Waals surface area (Å²) >= 11 is 0. The molecule has 1 rings (SSSR count). The van der Waals surface area contributed by atoms with Crippen molar-refractivity contribution >= 4 is 35.8 Å². The quantitative estimate of drug-likeness (QED) is 0.419. The molecule has 1 aliphatic rings. The second kappa shape index (κ2) is 10.3. The molecule has 0 radical (unpaired) electrons. The molecule has 1 N–H and O–H groups in total. The van der Waals surface area contributed by atoms with Gasteiger partial charge in [-0.05, 0) is 24.7 Å². The number of likely N-dealkylation sites (tertiary alicyclic amines) is 1. The van der Waals surface area contributed by atoms with Crippen LogP contribution in [0.15, 0.2) is 4.99 Å². The van der Waals surface area contributed by atoms with Gasteiger partial charge in [-0.15, -0.1) is 24.0 Å². The minimum atomic E-state index is 0. The third-order valence-corrected chi connectivity index (χ3v) is 4.27. The third kappa shape index (κ3) is 6.71. The number of rotatable bonds is 5. The van der Waals surface area contributed by atoms with Crippen molar-refractivity contribution in [2.75, 3.05) is 40.8 Å². The molecule has 1 saturated heterocycles. The predicted octanol–water partition coefficient (Wildman–Crippen LogP) is 2.56. The maximum absolute atomic E-state index is 11.6. The standard InChI is InChI=1S/C16H32N4O.HI/c1-6-9-16(2)10-7-12-20(13-16)15(17-3)18-11-8-14(21)19(4)5;/h6-13H2,1-5H3,(H,17,18);1H. The van der Waals surface area contributed by atoms with Crippen LogP contribution in [0.4, 0.5) is 0 Å². The monoisotopic (exact) mass is 424 g/mol. The zero-order chi connectivity index (χ0) is 15.9. The van der Waals surface area contributed by atoms with Crippen LogP contribution in [0.3, 0.4) is 0 Å². The van der Waals surface area contributed by atoms with Crippen molar-refractivity contribution in [3.8, 4) is 0 Å². The summed E-state index contributed by atoms with van der Waals surface area (Å²) in [6.45, 7) is 7.39. The maximum atomic E-state index is 11.6. The number of guanidine groups is 1. The van der Waals surface area contributed by atoms with Crippen LogP contribution in [-0.2, 0) is 4.79 Å². The second-order valence-electron chi connectivity index (χ2n) is 6.60. The van der Waals surface area contributed by atoms with E-state index in [1.165, 1.54) is 25.7 Å². The van der Waals surface area contributed by atoms with E-state index in [1.807, 2.05) is 7.05 Å². The van der Waals surface area contributed by atoms with Crippen molar-refractivity contribution in [2.45, 2.75) is 46.0 Å². The molecule has 0 aliphatic carbocycles. The van der Waals surface area contributed by atoms with Gasteiger partial charge in [0.1, 0.15) is 0 Å². The summed E-state index contributed by atoms with van der Waals surface area (Å²) < 4.78 is 0. The van der Waals surface area contributed by atoms with Gasteiger partial charge in [-0.1, -0.05) is 20.3 Å². The molecule has 130 valence electrons. The van der Waals surface area contributed by atoms with E-state index in [-0.39, 0.29) is 29.9 Å². The topological polar surface area (TPSA) is 47.9 Å². The van der Waals surface area contributed by atoms with Crippen LogP contribution in [0.25, 0.3) is 0 Å². The van der Waals surface area contributed by atoms with Crippen LogP contribution in [0.1, 0.15) is 46.0 Å². The van der Waals surface area contributed by atoms with Crippen LogP contribution in [0, 0.1) is 5.41 Å². The summed E-state index contributed by atoms with van der Waals surface area (Å²) in [5.74, 6) is 1.08. The van der Waals surface area contributed by atoms with Gasteiger partial charge in [0.05, 0.1) is 0 Å². The number of halogens is 1. The molecule has 0 aromatic rings. The van der Waals surface area contributed by atoms with Gasteiger partial charge in [-0.3, -0.25) is 9.79 Å². The molecule has 1 aliphatic heterocycles. The number of piperidine rings is 1. The van der Waals surface area contributed by atoms with E-state index in [0.717, 1.165) is 19.0 Å². The first kappa shape index (κ1) is 21.5. The van der Waals surface area contributed by atoms with E-state index in [9.17, 15) is 4.79 Å². The molecule has 0 aromatic carbocycles. The molecule has 22 heavy (non-hydrogen) atoms. The second-order valence-corrected chi connectivity index (χ2v) is 6.60. The van der Waals surface area contributed by atoms with Crippen molar-refractivity contribution in [2.24, 2.45) is 10.4 Å². The van der Waals surface area contributed by atoms with E-state index in [2.05, 4.69) is 29.1 Å². The Morgan fingerprint density at radius 1 is 1.41 bits per heavy atom. The normalized spacial score (nSPS) is 22.0. The molecular formula is C16H33IN4O. The minimum Gasteiger partial charge on any atom is -0.356 e. The van der Waals surface area contributed by atoms with Crippen molar-refractivity contribution in [3.63, 3.8) is 0 Å². The Morgan fingerprint density at radius 3 is 2.64 bits per heavy atom. The Labute approximate surface area is 152 Å². The molecule has 0 spiro atoms. The fourth-order valence-electron chi connectivity index (χ4n) is 3.14. The smallest absolute Gasteiger partial charge is 0.223 e. The number of amides is 1. The Morgan fingerprint density at radius 2 is 2.09 bits per heavy atom. The number of hydrogen-bond acceptors (Lipinski definition) is 2. The number of nitrogens with zero attached hydrogens (tertiary/aromatic N) is 3. The van der Waals surface area contributed by atoms with Gasteiger partial charge in [0.25, 0.3) is 0 Å². The summed E-state index contributed by atoms with van der Waals surface area (Å²) in [5.41, 5.74) is 0.393. The highest BCUT2D eigenvalue weighted by atomic mass is 127. The van der Waals surface area contributed by atoms with Crippen molar-refractivity contribution in [3.05, 3.63) is 0 Å². The van der Waals surface area contributed by atoms with E-state index in [4.69, 9.17) is 0 Å². The van der Waals surface area contributed by atoms with Gasteiger partial charge >= 0.3 is 0 Å². The Balaban J connectivity index is 0.00000441. The SMILES string of the molecule is CCCC1(C)CCCN(C(=NC)NCCC(=O)N(C)C)C1.I. The summed E-state index contributed by atoms with van der Waals surface area (Å²) in [7, 11) is 5.40. The molecule has 6 heteroatoms. The minimum absolute atomic E-state index is 0. The molecule has 0 aromatic heterocycles. The first-order valence-electron chi connectivity index (χ1n) is 8.07. The van der Waals surface area contributed by atoms with Crippen LogP contribution >= 0.6 is 24.0 Å². The fraction of sp³-hybridized carbons (Fsp3) is 0.875. The molecule has 1 fully saturated rings. The van der Waals surface area contributed by atoms with Crippen LogP contribution < -0.4 is 5.32 Å². The van der Waals surface area contributed by atoms with Crippen molar-refractivity contribution in [1.29, 1.82) is 0 Å². The number of nitrogens with one attached hydrogen (secondary N) is 1. The molecule has 0 bridgehead atoms. The molecule has 1 amide bonds. The summed E-state index contributed by atoms with van der Waals surface area (Å²) in [6, 6.07) is 0. The van der Waals surface area contributed by atoms with Crippen LogP contribution in [0.5, 0.6) is 0 Å². The number of hydrogen-bond donors (Lipinski definition) is 1. The van der Waals surface area contributed by atoms with Gasteiger partial charge in [0.2, 0.25) is 5.91 Å². The third-order valence-electron chi connectivity index (χ3n) is 4.27. The zero-order valence-electron chi connectivity index (χ0n) is 14.8. The average molecular weight is 424 g/mol. The lowest BCUT2D eigenvalue weighted by Crippen LogP contribution is -2.50. The van der Waals surface area contributed by atoms with Crippen molar-refractivity contribution < 1.29 is 4.79 Å². The highest BCUT2D eigenvalue weighted by Crippen LogP contribution is 2.33. The lowest BCUT2D eigenvalue weighted by molar-refractivity contribution is -0.128. The maximum Gasteiger partial charge on any atom is 0.223 e. The van der Waals surface area contributed by atoms with Crippen molar-refractivity contribution in [1.82, 2.24) is 15.1 Å². The Bertz CT molecular complexity index is 369. The Hall–Kier alpha value is -0.530. The van der Waals surface area contributed by atoms with Gasteiger partial charge < -0.3 is 15.1 Å².